The van der Waals surface area contributed by atoms with E-state index in [1.807, 2.05) is 17.9 Å². The predicted octanol–water partition coefficient (Wildman–Crippen LogP) is 2.33. The number of nitrogens with one attached hydrogen (secondary N) is 1. The van der Waals surface area contributed by atoms with Gasteiger partial charge in [-0.15, -0.1) is 5.10 Å². The smallest absolute Gasteiger partial charge is 0.0728 e. The largest absolute Gasteiger partial charge is 0.316 e. The molecule has 2 atom stereocenters. The molecule has 0 bridgehead atoms. The molecule has 0 amide bonds. The topological polar surface area (TPSA) is 42.7 Å². The molecule has 1 heterocycles. The second-order valence-corrected chi connectivity index (χ2v) is 5.99. The van der Waals surface area contributed by atoms with Gasteiger partial charge in [0.15, 0.2) is 0 Å². The SMILES string of the molecule is CC(C)CNCC1CCCCC1c1cnnn1C. The van der Waals surface area contributed by atoms with E-state index in [9.17, 15) is 0 Å². The molecule has 0 radical (unpaired) electrons. The van der Waals surface area contributed by atoms with Gasteiger partial charge in [0, 0.05) is 13.0 Å². The molecule has 1 aromatic heterocycles. The van der Waals surface area contributed by atoms with Crippen LogP contribution in [0.4, 0.5) is 0 Å². The molecule has 1 saturated carbocycles. The molecular formula is C14H26N4. The van der Waals surface area contributed by atoms with E-state index in [0.717, 1.165) is 24.9 Å². The van der Waals surface area contributed by atoms with Crippen LogP contribution in [-0.2, 0) is 7.05 Å². The summed E-state index contributed by atoms with van der Waals surface area (Å²) < 4.78 is 1.95. The molecule has 2 rings (SSSR count). The fourth-order valence-electron chi connectivity index (χ4n) is 3.03. The van der Waals surface area contributed by atoms with Crippen LogP contribution in [0.15, 0.2) is 6.20 Å². The Morgan fingerprint density at radius 1 is 1.39 bits per heavy atom. The second-order valence-electron chi connectivity index (χ2n) is 5.99. The van der Waals surface area contributed by atoms with Crippen molar-refractivity contribution in [1.29, 1.82) is 0 Å². The molecule has 0 aliphatic heterocycles. The van der Waals surface area contributed by atoms with Crippen LogP contribution in [0, 0.1) is 11.8 Å². The summed E-state index contributed by atoms with van der Waals surface area (Å²) in [6, 6.07) is 0. The molecular weight excluding hydrogens is 224 g/mol. The average Bonchev–Trinajstić information content (AvgIpc) is 2.76. The van der Waals surface area contributed by atoms with Crippen LogP contribution >= 0.6 is 0 Å². The lowest BCUT2D eigenvalue weighted by Gasteiger charge is -2.31. The van der Waals surface area contributed by atoms with Gasteiger partial charge >= 0.3 is 0 Å². The molecule has 1 aliphatic rings. The Kier molecular flexibility index (Phi) is 4.75. The fourth-order valence-corrected chi connectivity index (χ4v) is 3.03. The minimum Gasteiger partial charge on any atom is -0.316 e. The predicted molar refractivity (Wildman–Crippen MR) is 73.4 cm³/mol. The lowest BCUT2D eigenvalue weighted by Crippen LogP contribution is -2.32. The van der Waals surface area contributed by atoms with E-state index >= 15 is 0 Å². The van der Waals surface area contributed by atoms with Crippen LogP contribution in [-0.4, -0.2) is 28.1 Å². The van der Waals surface area contributed by atoms with Gasteiger partial charge < -0.3 is 5.32 Å². The van der Waals surface area contributed by atoms with Crippen LogP contribution < -0.4 is 5.32 Å². The molecule has 18 heavy (non-hydrogen) atoms. The number of hydrogen-bond donors (Lipinski definition) is 1. The van der Waals surface area contributed by atoms with Gasteiger partial charge in [0.2, 0.25) is 0 Å². The summed E-state index contributed by atoms with van der Waals surface area (Å²) in [5, 5.41) is 11.7. The zero-order chi connectivity index (χ0) is 13.0. The van der Waals surface area contributed by atoms with E-state index in [1.54, 1.807) is 0 Å². The normalized spacial score (nSPS) is 24.7. The third kappa shape index (κ3) is 3.31. The van der Waals surface area contributed by atoms with Crippen LogP contribution in [0.25, 0.3) is 0 Å². The van der Waals surface area contributed by atoms with Gasteiger partial charge in [-0.1, -0.05) is 31.9 Å². The van der Waals surface area contributed by atoms with Crippen molar-refractivity contribution in [3.8, 4) is 0 Å². The Morgan fingerprint density at radius 2 is 2.17 bits per heavy atom. The molecule has 4 heteroatoms. The minimum absolute atomic E-state index is 0.637. The van der Waals surface area contributed by atoms with Crippen molar-refractivity contribution < 1.29 is 0 Å². The summed E-state index contributed by atoms with van der Waals surface area (Å²) in [6.07, 6.45) is 7.29. The van der Waals surface area contributed by atoms with Gasteiger partial charge in [-0.3, -0.25) is 4.68 Å². The van der Waals surface area contributed by atoms with Crippen molar-refractivity contribution in [1.82, 2.24) is 20.3 Å². The van der Waals surface area contributed by atoms with E-state index in [0.29, 0.717) is 5.92 Å². The van der Waals surface area contributed by atoms with Gasteiger partial charge in [0.05, 0.1) is 11.9 Å². The highest BCUT2D eigenvalue weighted by molar-refractivity contribution is 5.06. The van der Waals surface area contributed by atoms with Crippen molar-refractivity contribution >= 4 is 0 Å². The van der Waals surface area contributed by atoms with E-state index in [2.05, 4.69) is 29.5 Å². The number of aromatic nitrogens is 3. The highest BCUT2D eigenvalue weighted by Crippen LogP contribution is 2.36. The maximum Gasteiger partial charge on any atom is 0.0728 e. The first kappa shape index (κ1) is 13.5. The minimum atomic E-state index is 0.637. The Balaban J connectivity index is 1.96. The van der Waals surface area contributed by atoms with Crippen molar-refractivity contribution in [2.24, 2.45) is 18.9 Å². The fraction of sp³-hybridized carbons (Fsp3) is 0.857. The lowest BCUT2D eigenvalue weighted by molar-refractivity contribution is 0.282. The summed E-state index contributed by atoms with van der Waals surface area (Å²) >= 11 is 0. The van der Waals surface area contributed by atoms with Gasteiger partial charge in [0.1, 0.15) is 0 Å². The van der Waals surface area contributed by atoms with E-state index in [4.69, 9.17) is 0 Å². The Morgan fingerprint density at radius 3 is 2.83 bits per heavy atom. The highest BCUT2D eigenvalue weighted by atomic mass is 15.4. The standard InChI is InChI=1S/C14H26N4/c1-11(2)8-15-9-12-6-4-5-7-13(12)14-10-16-17-18(14)3/h10-13,15H,4-9H2,1-3H3. The van der Waals surface area contributed by atoms with Crippen LogP contribution in [0.2, 0.25) is 0 Å². The first-order chi connectivity index (χ1) is 8.68. The van der Waals surface area contributed by atoms with Gasteiger partial charge in [-0.2, -0.15) is 0 Å². The first-order valence-corrected chi connectivity index (χ1v) is 7.23. The molecule has 4 nitrogen and oxygen atoms in total. The zero-order valence-electron chi connectivity index (χ0n) is 11.9. The number of aryl methyl sites for hydroxylation is 1. The molecule has 0 saturated heterocycles. The van der Waals surface area contributed by atoms with E-state index in [1.165, 1.54) is 31.4 Å². The Bertz CT molecular complexity index is 358. The van der Waals surface area contributed by atoms with E-state index in [-0.39, 0.29) is 0 Å². The summed E-state index contributed by atoms with van der Waals surface area (Å²) in [5.41, 5.74) is 1.31. The lowest BCUT2D eigenvalue weighted by atomic mass is 9.77. The third-order valence-electron chi connectivity index (χ3n) is 4.00. The summed E-state index contributed by atoms with van der Waals surface area (Å²) in [6.45, 7) is 6.77. The molecule has 0 spiro atoms. The molecule has 0 aromatic carbocycles. The van der Waals surface area contributed by atoms with Crippen molar-refractivity contribution in [3.05, 3.63) is 11.9 Å². The van der Waals surface area contributed by atoms with Gasteiger partial charge in [-0.05, 0) is 37.8 Å². The Hall–Kier alpha value is -0.900. The van der Waals surface area contributed by atoms with E-state index < -0.39 is 0 Å². The maximum atomic E-state index is 4.08. The molecule has 102 valence electrons. The van der Waals surface area contributed by atoms with Crippen molar-refractivity contribution in [2.45, 2.75) is 45.4 Å². The number of nitrogens with zero attached hydrogens (tertiary/aromatic N) is 3. The third-order valence-corrected chi connectivity index (χ3v) is 4.00. The Labute approximate surface area is 110 Å². The molecule has 1 aromatic rings. The van der Waals surface area contributed by atoms with Crippen LogP contribution in [0.3, 0.4) is 0 Å². The summed E-state index contributed by atoms with van der Waals surface area (Å²) in [5.74, 6) is 2.11. The monoisotopic (exact) mass is 250 g/mol. The van der Waals surface area contributed by atoms with Gasteiger partial charge in [0.25, 0.3) is 0 Å². The molecule has 1 N–H and O–H groups in total. The quantitative estimate of drug-likeness (QED) is 0.872. The number of hydrogen-bond acceptors (Lipinski definition) is 3. The average molecular weight is 250 g/mol. The van der Waals surface area contributed by atoms with Crippen molar-refractivity contribution in [2.75, 3.05) is 13.1 Å². The molecule has 2 unspecified atom stereocenters. The van der Waals surface area contributed by atoms with Gasteiger partial charge in [-0.25, -0.2) is 0 Å². The summed E-state index contributed by atoms with van der Waals surface area (Å²) in [7, 11) is 2.01. The first-order valence-electron chi connectivity index (χ1n) is 7.23. The number of rotatable bonds is 5. The van der Waals surface area contributed by atoms with Crippen LogP contribution in [0.5, 0.6) is 0 Å². The molecule has 1 aliphatic carbocycles. The summed E-state index contributed by atoms with van der Waals surface area (Å²) in [4.78, 5) is 0. The van der Waals surface area contributed by atoms with Crippen LogP contribution in [0.1, 0.15) is 51.1 Å². The molecule has 1 fully saturated rings. The maximum absolute atomic E-state index is 4.08. The zero-order valence-corrected chi connectivity index (χ0v) is 11.9. The van der Waals surface area contributed by atoms with Crippen molar-refractivity contribution in [3.63, 3.8) is 0 Å². The second kappa shape index (κ2) is 6.32. The highest BCUT2D eigenvalue weighted by Gasteiger charge is 2.28.